The van der Waals surface area contributed by atoms with Crippen molar-refractivity contribution in [2.24, 2.45) is 0 Å². The smallest absolute Gasteiger partial charge is 0.200 e. The van der Waals surface area contributed by atoms with Crippen LogP contribution in [0.5, 0.6) is 0 Å². The molecule has 2 rings (SSSR count). The molecule has 1 aliphatic carbocycles. The normalized spacial score (nSPS) is 19.3. The van der Waals surface area contributed by atoms with E-state index in [1.165, 1.54) is 19.3 Å². The molecular weight excluding hydrogens is 200 g/mol. The first-order valence-electron chi connectivity index (χ1n) is 5.99. The Morgan fingerprint density at radius 3 is 2.69 bits per heavy atom. The summed E-state index contributed by atoms with van der Waals surface area (Å²) in [4.78, 5) is 4.51. The van der Waals surface area contributed by atoms with Crippen LogP contribution in [0.3, 0.4) is 0 Å². The van der Waals surface area contributed by atoms with Crippen molar-refractivity contribution in [2.75, 3.05) is 0 Å². The zero-order valence-electron chi connectivity index (χ0n) is 10.0. The van der Waals surface area contributed by atoms with E-state index in [0.717, 1.165) is 30.2 Å². The Morgan fingerprint density at radius 1 is 1.38 bits per heavy atom. The van der Waals surface area contributed by atoms with Gasteiger partial charge in [-0.1, -0.05) is 26.2 Å². The van der Waals surface area contributed by atoms with Gasteiger partial charge >= 0.3 is 0 Å². The van der Waals surface area contributed by atoms with E-state index in [1.54, 1.807) is 0 Å². The first kappa shape index (κ1) is 11.2. The Labute approximate surface area is 96.5 Å². The summed E-state index contributed by atoms with van der Waals surface area (Å²) in [6.45, 7) is 4.13. The Kier molecular flexibility index (Phi) is 3.00. The molecule has 3 nitrogen and oxygen atoms in total. The molecule has 0 atom stereocenters. The molecule has 16 heavy (non-hydrogen) atoms. The number of oxazole rings is 1. The summed E-state index contributed by atoms with van der Waals surface area (Å²) in [5.74, 6) is 1.65. The number of nitriles is 1. The van der Waals surface area contributed by atoms with E-state index in [4.69, 9.17) is 9.68 Å². The first-order chi connectivity index (χ1) is 7.65. The van der Waals surface area contributed by atoms with Gasteiger partial charge in [-0.2, -0.15) is 5.26 Å². The molecule has 0 aromatic carbocycles. The average Bonchev–Trinajstić information content (AvgIpc) is 2.63. The SMILES string of the molecule is Cc1oc(C2(C)CCCCC2)nc1CC#N. The van der Waals surface area contributed by atoms with E-state index >= 15 is 0 Å². The molecule has 1 aromatic heterocycles. The van der Waals surface area contributed by atoms with Crippen LogP contribution in [0.15, 0.2) is 4.42 Å². The fraction of sp³-hybridized carbons (Fsp3) is 0.692. The zero-order valence-corrected chi connectivity index (χ0v) is 10.0. The van der Waals surface area contributed by atoms with Crippen LogP contribution in [-0.4, -0.2) is 4.98 Å². The standard InChI is InChI=1S/C13H18N2O/c1-10-11(6-9-14)15-12(16-10)13(2)7-4-3-5-8-13/h3-8H2,1-2H3. The molecule has 0 radical (unpaired) electrons. The number of hydrogen-bond donors (Lipinski definition) is 0. The second-order valence-electron chi connectivity index (χ2n) is 4.98. The van der Waals surface area contributed by atoms with Gasteiger partial charge in [-0.15, -0.1) is 0 Å². The predicted molar refractivity (Wildman–Crippen MR) is 61.0 cm³/mol. The molecule has 1 aliphatic rings. The average molecular weight is 218 g/mol. The summed E-state index contributed by atoms with van der Waals surface area (Å²) in [7, 11) is 0. The van der Waals surface area contributed by atoms with Crippen molar-refractivity contribution in [1.82, 2.24) is 4.98 Å². The molecule has 1 saturated carbocycles. The molecule has 0 spiro atoms. The van der Waals surface area contributed by atoms with Crippen LogP contribution >= 0.6 is 0 Å². The van der Waals surface area contributed by atoms with Gasteiger partial charge in [0.15, 0.2) is 0 Å². The molecule has 0 N–H and O–H groups in total. The molecule has 0 saturated heterocycles. The lowest BCUT2D eigenvalue weighted by molar-refractivity contribution is 0.254. The van der Waals surface area contributed by atoms with Crippen molar-refractivity contribution in [3.8, 4) is 6.07 Å². The van der Waals surface area contributed by atoms with Gasteiger partial charge in [0.1, 0.15) is 5.76 Å². The maximum atomic E-state index is 8.70. The summed E-state index contributed by atoms with van der Waals surface area (Å²) >= 11 is 0. The van der Waals surface area contributed by atoms with E-state index in [-0.39, 0.29) is 5.41 Å². The second-order valence-corrected chi connectivity index (χ2v) is 4.98. The zero-order chi connectivity index (χ0) is 11.6. The van der Waals surface area contributed by atoms with Gasteiger partial charge in [-0.05, 0) is 19.8 Å². The third kappa shape index (κ3) is 1.97. The maximum absolute atomic E-state index is 8.70. The van der Waals surface area contributed by atoms with Crippen LogP contribution in [0.25, 0.3) is 0 Å². The molecule has 0 aliphatic heterocycles. The predicted octanol–water partition coefficient (Wildman–Crippen LogP) is 3.27. The summed E-state index contributed by atoms with van der Waals surface area (Å²) in [5.41, 5.74) is 0.903. The third-order valence-electron chi connectivity index (χ3n) is 3.61. The van der Waals surface area contributed by atoms with Crippen molar-refractivity contribution < 1.29 is 4.42 Å². The number of aryl methyl sites for hydroxylation is 1. The van der Waals surface area contributed by atoms with E-state index in [1.807, 2.05) is 6.92 Å². The van der Waals surface area contributed by atoms with Crippen molar-refractivity contribution in [1.29, 1.82) is 5.26 Å². The van der Waals surface area contributed by atoms with Gasteiger partial charge in [-0.3, -0.25) is 0 Å². The Morgan fingerprint density at radius 2 is 2.06 bits per heavy atom. The highest BCUT2D eigenvalue weighted by atomic mass is 16.4. The van der Waals surface area contributed by atoms with Crippen LogP contribution in [0, 0.1) is 18.3 Å². The van der Waals surface area contributed by atoms with Crippen molar-refractivity contribution in [2.45, 2.75) is 57.8 Å². The summed E-state index contributed by atoms with van der Waals surface area (Å²) in [6.07, 6.45) is 6.49. The van der Waals surface area contributed by atoms with Crippen LogP contribution in [0.1, 0.15) is 56.4 Å². The number of aromatic nitrogens is 1. The van der Waals surface area contributed by atoms with Crippen molar-refractivity contribution >= 4 is 0 Å². The van der Waals surface area contributed by atoms with Gasteiger partial charge in [0.05, 0.1) is 18.2 Å². The Bertz CT molecular complexity index is 408. The minimum atomic E-state index is 0.0940. The van der Waals surface area contributed by atoms with Crippen molar-refractivity contribution in [3.63, 3.8) is 0 Å². The topological polar surface area (TPSA) is 49.8 Å². The van der Waals surface area contributed by atoms with Gasteiger partial charge in [-0.25, -0.2) is 4.98 Å². The van der Waals surface area contributed by atoms with E-state index in [2.05, 4.69) is 18.0 Å². The fourth-order valence-electron chi connectivity index (χ4n) is 2.47. The van der Waals surface area contributed by atoms with E-state index in [0.29, 0.717) is 6.42 Å². The summed E-state index contributed by atoms with van der Waals surface area (Å²) < 4.78 is 5.75. The highest BCUT2D eigenvalue weighted by molar-refractivity contribution is 5.16. The minimum absolute atomic E-state index is 0.0940. The van der Waals surface area contributed by atoms with Crippen LogP contribution in [-0.2, 0) is 11.8 Å². The van der Waals surface area contributed by atoms with Gasteiger partial charge < -0.3 is 4.42 Å². The Hall–Kier alpha value is -1.30. The molecule has 1 aromatic rings. The lowest BCUT2D eigenvalue weighted by Crippen LogP contribution is -2.25. The number of rotatable bonds is 2. The van der Waals surface area contributed by atoms with Gasteiger partial charge in [0, 0.05) is 5.41 Å². The number of hydrogen-bond acceptors (Lipinski definition) is 3. The van der Waals surface area contributed by atoms with E-state index in [9.17, 15) is 0 Å². The lowest BCUT2D eigenvalue weighted by atomic mass is 9.76. The number of nitrogens with zero attached hydrogens (tertiary/aromatic N) is 2. The molecular formula is C13H18N2O. The molecule has 0 amide bonds. The monoisotopic (exact) mass is 218 g/mol. The molecule has 3 heteroatoms. The van der Waals surface area contributed by atoms with Crippen LogP contribution in [0.2, 0.25) is 0 Å². The van der Waals surface area contributed by atoms with Gasteiger partial charge in [0.25, 0.3) is 0 Å². The highest BCUT2D eigenvalue weighted by Gasteiger charge is 2.34. The van der Waals surface area contributed by atoms with Crippen molar-refractivity contribution in [3.05, 3.63) is 17.3 Å². The van der Waals surface area contributed by atoms with Crippen LogP contribution in [0.4, 0.5) is 0 Å². The van der Waals surface area contributed by atoms with Crippen LogP contribution < -0.4 is 0 Å². The lowest BCUT2D eigenvalue weighted by Gasteiger charge is -2.30. The maximum Gasteiger partial charge on any atom is 0.200 e. The first-order valence-corrected chi connectivity index (χ1v) is 5.99. The molecule has 86 valence electrons. The fourth-order valence-corrected chi connectivity index (χ4v) is 2.47. The summed E-state index contributed by atoms with van der Waals surface area (Å²) in [6, 6.07) is 2.13. The third-order valence-corrected chi connectivity index (χ3v) is 3.61. The molecule has 0 unspecified atom stereocenters. The Balaban J connectivity index is 2.26. The quantitative estimate of drug-likeness (QED) is 0.765. The summed E-state index contributed by atoms with van der Waals surface area (Å²) in [5, 5.41) is 8.70. The highest BCUT2D eigenvalue weighted by Crippen LogP contribution is 2.38. The molecule has 1 heterocycles. The van der Waals surface area contributed by atoms with E-state index < -0.39 is 0 Å². The second kappa shape index (κ2) is 4.29. The largest absolute Gasteiger partial charge is 0.445 e. The molecule has 1 fully saturated rings. The minimum Gasteiger partial charge on any atom is -0.445 e. The molecule has 0 bridgehead atoms. The van der Waals surface area contributed by atoms with Gasteiger partial charge in [0.2, 0.25) is 5.89 Å².